The molecule has 1 aliphatic heterocycles. The van der Waals surface area contributed by atoms with Gasteiger partial charge in [0, 0.05) is 18.3 Å². The normalized spacial score (nSPS) is 16.9. The average Bonchev–Trinajstić information content (AvgIpc) is 2.65. The fraction of sp³-hybridized carbons (Fsp3) is 0.300. The summed E-state index contributed by atoms with van der Waals surface area (Å²) < 4.78 is 52.8. The van der Waals surface area contributed by atoms with Gasteiger partial charge in [-0.3, -0.25) is 9.59 Å². The minimum Gasteiger partial charge on any atom is -0.395 e. The molecule has 0 unspecified atom stereocenters. The zero-order valence-electron chi connectivity index (χ0n) is 15.5. The molecule has 1 heterocycles. The van der Waals surface area contributed by atoms with Crippen molar-refractivity contribution in [3.8, 4) is 0 Å². The number of alkyl halides is 3. The Morgan fingerprint density at radius 2 is 2.03 bits per heavy atom. The van der Waals surface area contributed by atoms with E-state index in [2.05, 4.69) is 5.32 Å². The second kappa shape index (κ2) is 8.61. The van der Waals surface area contributed by atoms with E-state index in [-0.39, 0.29) is 41.8 Å². The number of nitrogens with zero attached hydrogens (tertiary/aromatic N) is 1. The number of ketones is 1. The van der Waals surface area contributed by atoms with Gasteiger partial charge in [-0.15, -0.1) is 0 Å². The van der Waals surface area contributed by atoms with Crippen LogP contribution in [0.4, 0.5) is 17.6 Å². The summed E-state index contributed by atoms with van der Waals surface area (Å²) in [4.78, 5) is 26.6. The number of rotatable bonds is 5. The van der Waals surface area contributed by atoms with E-state index in [0.29, 0.717) is 18.1 Å². The first kappa shape index (κ1) is 22.0. The van der Waals surface area contributed by atoms with Gasteiger partial charge in [-0.25, -0.2) is 4.39 Å². The van der Waals surface area contributed by atoms with Crippen molar-refractivity contribution in [2.75, 3.05) is 19.7 Å². The Hall–Kier alpha value is -2.65. The minimum absolute atomic E-state index is 0.0226. The molecule has 0 atom stereocenters. The van der Waals surface area contributed by atoms with Crippen LogP contribution in [-0.2, 0) is 22.2 Å². The van der Waals surface area contributed by atoms with Crippen molar-refractivity contribution in [1.29, 1.82) is 0 Å². The van der Waals surface area contributed by atoms with Crippen LogP contribution in [0.15, 0.2) is 52.4 Å². The molecule has 3 rings (SSSR count). The molecule has 0 bridgehead atoms. The van der Waals surface area contributed by atoms with Gasteiger partial charge in [-0.1, -0.05) is 29.8 Å². The third kappa shape index (κ3) is 4.57. The molecule has 0 saturated carbocycles. The standard InChI is InChI=1S/C20H17ClF4N2O3/c21-14-5-4-12-9-27(6-7-28)10-15(29)17(12)19(14)26-16(30)8-11-2-1-3-13(18(11)22)20(23,24)25/h1-3,5,9,28H,4,6-8,10H2,(H,26,30). The molecule has 0 fully saturated rings. The quantitative estimate of drug-likeness (QED) is 0.685. The van der Waals surface area contributed by atoms with Gasteiger partial charge in [0.1, 0.15) is 5.82 Å². The Morgan fingerprint density at radius 1 is 1.30 bits per heavy atom. The van der Waals surface area contributed by atoms with Crippen LogP contribution in [0.5, 0.6) is 0 Å². The molecule has 0 saturated heterocycles. The van der Waals surface area contributed by atoms with Crippen LogP contribution in [-0.4, -0.2) is 41.4 Å². The van der Waals surface area contributed by atoms with Gasteiger partial charge in [0.25, 0.3) is 0 Å². The Kier molecular flexibility index (Phi) is 6.33. The maximum atomic E-state index is 14.2. The van der Waals surface area contributed by atoms with E-state index in [1.165, 1.54) is 0 Å². The summed E-state index contributed by atoms with van der Waals surface area (Å²) in [5, 5.41) is 11.6. The molecule has 2 N–H and O–H groups in total. The van der Waals surface area contributed by atoms with Crippen molar-refractivity contribution in [2.45, 2.75) is 19.0 Å². The second-order valence-electron chi connectivity index (χ2n) is 6.78. The Balaban J connectivity index is 1.86. The maximum absolute atomic E-state index is 14.2. The summed E-state index contributed by atoms with van der Waals surface area (Å²) >= 11 is 6.16. The lowest BCUT2D eigenvalue weighted by atomic mass is 9.90. The molecule has 1 aromatic rings. The fourth-order valence-electron chi connectivity index (χ4n) is 3.34. The number of Topliss-reactive ketones (excluding diaryl/α,β-unsaturated/α-hetero) is 1. The first-order chi connectivity index (χ1) is 14.1. The number of aliphatic hydroxyl groups is 1. The molecule has 160 valence electrons. The number of allylic oxidation sites excluding steroid dienone is 3. The van der Waals surface area contributed by atoms with E-state index >= 15 is 0 Å². The van der Waals surface area contributed by atoms with Crippen LogP contribution in [0.3, 0.4) is 0 Å². The van der Waals surface area contributed by atoms with Gasteiger partial charge in [-0.2, -0.15) is 13.2 Å². The van der Waals surface area contributed by atoms with Gasteiger partial charge in [0.05, 0.1) is 35.9 Å². The third-order valence-electron chi connectivity index (χ3n) is 4.66. The number of aliphatic hydroxyl groups excluding tert-OH is 1. The van der Waals surface area contributed by atoms with E-state index < -0.39 is 35.4 Å². The lowest BCUT2D eigenvalue weighted by Gasteiger charge is -2.30. The molecule has 10 heteroatoms. The number of carbonyl (C=O) groups is 2. The summed E-state index contributed by atoms with van der Waals surface area (Å²) in [6.45, 7) is 0.0977. The summed E-state index contributed by atoms with van der Waals surface area (Å²) in [7, 11) is 0. The molecule has 5 nitrogen and oxygen atoms in total. The van der Waals surface area contributed by atoms with Gasteiger partial charge >= 0.3 is 6.18 Å². The Bertz CT molecular complexity index is 983. The lowest BCUT2D eigenvalue weighted by molar-refractivity contribution is -0.140. The third-order valence-corrected chi connectivity index (χ3v) is 5.01. The second-order valence-corrected chi connectivity index (χ2v) is 7.19. The highest BCUT2D eigenvalue weighted by Gasteiger charge is 2.35. The zero-order valence-corrected chi connectivity index (χ0v) is 16.3. The van der Waals surface area contributed by atoms with E-state index in [0.717, 1.165) is 12.1 Å². The minimum atomic E-state index is -4.88. The number of nitrogens with one attached hydrogen (secondary N) is 1. The van der Waals surface area contributed by atoms with Crippen molar-refractivity contribution in [3.05, 3.63) is 69.3 Å². The number of hydrogen-bond acceptors (Lipinski definition) is 4. The number of halogens is 5. The highest BCUT2D eigenvalue weighted by atomic mass is 35.5. The monoisotopic (exact) mass is 444 g/mol. The molecule has 0 radical (unpaired) electrons. The van der Waals surface area contributed by atoms with Crippen molar-refractivity contribution >= 4 is 23.3 Å². The average molecular weight is 445 g/mol. The number of hydrogen-bond donors (Lipinski definition) is 2. The number of amides is 1. The SMILES string of the molecule is O=C(Cc1cccc(C(F)(F)F)c1F)NC1=C2C(=O)CN(CCO)C=C2CC=C1Cl. The lowest BCUT2D eigenvalue weighted by Crippen LogP contribution is -2.37. The van der Waals surface area contributed by atoms with E-state index in [1.54, 1.807) is 17.2 Å². The van der Waals surface area contributed by atoms with E-state index in [9.17, 15) is 27.2 Å². The predicted molar refractivity (Wildman–Crippen MR) is 101 cm³/mol. The molecule has 0 spiro atoms. The molecule has 2 aliphatic rings. The molecule has 0 aromatic heterocycles. The summed E-state index contributed by atoms with van der Waals surface area (Å²) in [6.07, 6.45) is -1.95. The zero-order chi connectivity index (χ0) is 22.1. The van der Waals surface area contributed by atoms with Crippen LogP contribution >= 0.6 is 11.6 Å². The van der Waals surface area contributed by atoms with Crippen LogP contribution in [0.1, 0.15) is 17.5 Å². The molecule has 1 aliphatic carbocycles. The number of β-amino-alcohol motifs (C(OH)–C–C–N with tert-alkyl or cyclic N) is 1. The van der Waals surface area contributed by atoms with Crippen molar-refractivity contribution in [2.24, 2.45) is 0 Å². The molecule has 1 amide bonds. The predicted octanol–water partition coefficient (Wildman–Crippen LogP) is 3.04. The first-order valence-electron chi connectivity index (χ1n) is 8.95. The summed E-state index contributed by atoms with van der Waals surface area (Å²) in [5.74, 6) is -2.65. The van der Waals surface area contributed by atoms with Crippen molar-refractivity contribution in [1.82, 2.24) is 10.2 Å². The van der Waals surface area contributed by atoms with Gasteiger partial charge in [-0.05, 0) is 23.6 Å². The van der Waals surface area contributed by atoms with Crippen molar-refractivity contribution in [3.63, 3.8) is 0 Å². The Morgan fingerprint density at radius 3 is 2.70 bits per heavy atom. The molecular weight excluding hydrogens is 428 g/mol. The van der Waals surface area contributed by atoms with Crippen LogP contribution in [0, 0.1) is 5.82 Å². The van der Waals surface area contributed by atoms with Gasteiger partial charge in [0.15, 0.2) is 5.78 Å². The van der Waals surface area contributed by atoms with Crippen LogP contribution in [0.25, 0.3) is 0 Å². The molecule has 30 heavy (non-hydrogen) atoms. The summed E-state index contributed by atoms with van der Waals surface area (Å²) in [6, 6.07) is 2.70. The maximum Gasteiger partial charge on any atom is 0.419 e. The van der Waals surface area contributed by atoms with E-state index in [4.69, 9.17) is 16.7 Å². The highest BCUT2D eigenvalue weighted by Crippen LogP contribution is 2.34. The number of carbonyl (C=O) groups excluding carboxylic acids is 2. The topological polar surface area (TPSA) is 69.6 Å². The Labute approximate surface area is 174 Å². The molecular formula is C20H17ClF4N2O3. The summed E-state index contributed by atoms with van der Waals surface area (Å²) in [5.41, 5.74) is -1.05. The van der Waals surface area contributed by atoms with Gasteiger partial charge in [0.2, 0.25) is 5.91 Å². The van der Waals surface area contributed by atoms with Crippen LogP contribution in [0.2, 0.25) is 0 Å². The smallest absolute Gasteiger partial charge is 0.395 e. The first-order valence-corrected chi connectivity index (χ1v) is 9.33. The van der Waals surface area contributed by atoms with Crippen LogP contribution < -0.4 is 5.32 Å². The van der Waals surface area contributed by atoms with Crippen molar-refractivity contribution < 1.29 is 32.3 Å². The van der Waals surface area contributed by atoms with Gasteiger partial charge < -0.3 is 15.3 Å². The fourth-order valence-corrected chi connectivity index (χ4v) is 3.55. The molecule has 1 aromatic carbocycles. The largest absolute Gasteiger partial charge is 0.419 e. The highest BCUT2D eigenvalue weighted by molar-refractivity contribution is 6.33. The number of benzene rings is 1. The number of fused-ring (bicyclic) bond motifs is 1. The van der Waals surface area contributed by atoms with E-state index in [1.807, 2.05) is 0 Å².